The first-order chi connectivity index (χ1) is 9.44. The third-order valence-electron chi connectivity index (χ3n) is 3.28. The standard InChI is InChI=1S/C16H17F2NO/c1-16(19,10-11-6-8-12(17)9-7-11)13-4-3-5-14(20-2)15(13)18/h3-9H,10,19H2,1-2H3. The van der Waals surface area contributed by atoms with Crippen molar-refractivity contribution in [1.82, 2.24) is 0 Å². The zero-order valence-electron chi connectivity index (χ0n) is 11.5. The van der Waals surface area contributed by atoms with E-state index in [4.69, 9.17) is 10.5 Å². The third-order valence-corrected chi connectivity index (χ3v) is 3.28. The van der Waals surface area contributed by atoms with E-state index in [-0.39, 0.29) is 11.6 Å². The summed E-state index contributed by atoms with van der Waals surface area (Å²) in [5.74, 6) is -0.597. The van der Waals surface area contributed by atoms with E-state index in [9.17, 15) is 8.78 Å². The molecule has 0 amide bonds. The van der Waals surface area contributed by atoms with Gasteiger partial charge >= 0.3 is 0 Å². The van der Waals surface area contributed by atoms with E-state index in [1.54, 1.807) is 37.3 Å². The molecule has 20 heavy (non-hydrogen) atoms. The lowest BCUT2D eigenvalue weighted by molar-refractivity contribution is 0.372. The number of hydrogen-bond donors (Lipinski definition) is 1. The molecular formula is C16H17F2NO. The maximum atomic E-state index is 14.3. The van der Waals surface area contributed by atoms with Crippen LogP contribution in [-0.2, 0) is 12.0 Å². The van der Waals surface area contributed by atoms with Gasteiger partial charge < -0.3 is 10.5 Å². The van der Waals surface area contributed by atoms with Crippen LogP contribution in [0.1, 0.15) is 18.1 Å². The highest BCUT2D eigenvalue weighted by atomic mass is 19.1. The fourth-order valence-corrected chi connectivity index (χ4v) is 2.23. The van der Waals surface area contributed by atoms with E-state index in [2.05, 4.69) is 0 Å². The smallest absolute Gasteiger partial charge is 0.170 e. The summed E-state index contributed by atoms with van der Waals surface area (Å²) in [6.07, 6.45) is 0.400. The second-order valence-electron chi connectivity index (χ2n) is 5.04. The molecule has 0 radical (unpaired) electrons. The van der Waals surface area contributed by atoms with Crippen molar-refractivity contribution >= 4 is 0 Å². The quantitative estimate of drug-likeness (QED) is 0.929. The molecule has 2 aromatic rings. The molecule has 0 fully saturated rings. The van der Waals surface area contributed by atoms with Gasteiger partial charge in [0, 0.05) is 11.1 Å². The summed E-state index contributed by atoms with van der Waals surface area (Å²) in [5, 5.41) is 0. The predicted molar refractivity (Wildman–Crippen MR) is 74.6 cm³/mol. The van der Waals surface area contributed by atoms with Crippen LogP contribution >= 0.6 is 0 Å². The van der Waals surface area contributed by atoms with Gasteiger partial charge in [-0.2, -0.15) is 0 Å². The van der Waals surface area contributed by atoms with Crippen LogP contribution in [0.4, 0.5) is 8.78 Å². The molecule has 0 aliphatic rings. The van der Waals surface area contributed by atoms with Gasteiger partial charge in [0.2, 0.25) is 0 Å². The van der Waals surface area contributed by atoms with E-state index in [0.29, 0.717) is 12.0 Å². The molecule has 1 atom stereocenters. The van der Waals surface area contributed by atoms with Crippen molar-refractivity contribution in [1.29, 1.82) is 0 Å². The second kappa shape index (κ2) is 5.59. The Morgan fingerprint density at radius 3 is 2.35 bits per heavy atom. The lowest BCUT2D eigenvalue weighted by atomic mass is 9.86. The number of hydrogen-bond acceptors (Lipinski definition) is 2. The van der Waals surface area contributed by atoms with E-state index in [0.717, 1.165) is 5.56 Å². The second-order valence-corrected chi connectivity index (χ2v) is 5.04. The lowest BCUT2D eigenvalue weighted by Crippen LogP contribution is -2.36. The van der Waals surface area contributed by atoms with Gasteiger partial charge in [0.15, 0.2) is 11.6 Å². The van der Waals surface area contributed by atoms with E-state index >= 15 is 0 Å². The Labute approximate surface area is 117 Å². The molecule has 2 nitrogen and oxygen atoms in total. The highest BCUT2D eigenvalue weighted by Crippen LogP contribution is 2.29. The molecule has 2 aromatic carbocycles. The van der Waals surface area contributed by atoms with Gasteiger partial charge in [0.05, 0.1) is 7.11 Å². The van der Waals surface area contributed by atoms with Crippen LogP contribution in [0.2, 0.25) is 0 Å². The normalized spacial score (nSPS) is 13.8. The van der Waals surface area contributed by atoms with Crippen molar-refractivity contribution in [3.63, 3.8) is 0 Å². The van der Waals surface area contributed by atoms with Crippen LogP contribution in [0.5, 0.6) is 5.75 Å². The number of rotatable bonds is 4. The van der Waals surface area contributed by atoms with Crippen molar-refractivity contribution in [2.45, 2.75) is 18.9 Å². The monoisotopic (exact) mass is 277 g/mol. The first kappa shape index (κ1) is 14.5. The van der Waals surface area contributed by atoms with Crippen LogP contribution in [0.25, 0.3) is 0 Å². The van der Waals surface area contributed by atoms with E-state index in [1.165, 1.54) is 19.2 Å². The average molecular weight is 277 g/mol. The van der Waals surface area contributed by atoms with Crippen LogP contribution in [-0.4, -0.2) is 7.11 Å². The summed E-state index contributed by atoms with van der Waals surface area (Å²) < 4.78 is 32.1. The van der Waals surface area contributed by atoms with E-state index < -0.39 is 11.4 Å². The van der Waals surface area contributed by atoms with Crippen LogP contribution in [0.3, 0.4) is 0 Å². The SMILES string of the molecule is COc1cccc(C(C)(N)Cc2ccc(F)cc2)c1F. The Balaban J connectivity index is 2.32. The molecule has 1 unspecified atom stereocenters. The maximum Gasteiger partial charge on any atom is 0.170 e. The molecule has 0 aliphatic carbocycles. The minimum Gasteiger partial charge on any atom is -0.494 e. The highest BCUT2D eigenvalue weighted by molar-refractivity contribution is 5.36. The average Bonchev–Trinajstić information content (AvgIpc) is 2.41. The molecule has 0 aliphatic heterocycles. The van der Waals surface area contributed by atoms with Gasteiger partial charge in [0.1, 0.15) is 5.82 Å². The summed E-state index contributed by atoms with van der Waals surface area (Å²) >= 11 is 0. The largest absolute Gasteiger partial charge is 0.494 e. The summed E-state index contributed by atoms with van der Waals surface area (Å²) in [4.78, 5) is 0. The number of nitrogens with two attached hydrogens (primary N) is 1. The molecule has 0 saturated carbocycles. The zero-order valence-corrected chi connectivity index (χ0v) is 11.5. The Morgan fingerprint density at radius 2 is 1.75 bits per heavy atom. The van der Waals surface area contributed by atoms with E-state index in [1.807, 2.05) is 0 Å². The Morgan fingerprint density at radius 1 is 1.10 bits per heavy atom. The van der Waals surface area contributed by atoms with Gasteiger partial charge in [-0.3, -0.25) is 0 Å². The Kier molecular flexibility index (Phi) is 4.04. The van der Waals surface area contributed by atoms with Gasteiger partial charge in [-0.05, 0) is 37.1 Å². The van der Waals surface area contributed by atoms with Crippen LogP contribution in [0.15, 0.2) is 42.5 Å². The Hall–Kier alpha value is -1.94. The first-order valence-corrected chi connectivity index (χ1v) is 6.30. The number of halogens is 2. The summed E-state index contributed by atoms with van der Waals surface area (Å²) in [6.45, 7) is 1.74. The summed E-state index contributed by atoms with van der Waals surface area (Å²) in [5.41, 5.74) is 6.56. The number of ether oxygens (including phenoxy) is 1. The molecule has 2 rings (SSSR count). The molecule has 0 bridgehead atoms. The van der Waals surface area contributed by atoms with Crippen molar-refractivity contribution < 1.29 is 13.5 Å². The molecule has 0 spiro atoms. The van der Waals surface area contributed by atoms with Gasteiger partial charge in [0.25, 0.3) is 0 Å². The minimum atomic E-state index is -0.906. The molecule has 0 aromatic heterocycles. The zero-order chi connectivity index (χ0) is 14.8. The molecule has 106 valence electrons. The molecule has 4 heteroatoms. The van der Waals surface area contributed by atoms with Crippen molar-refractivity contribution in [2.24, 2.45) is 5.73 Å². The van der Waals surface area contributed by atoms with Gasteiger partial charge in [-0.15, -0.1) is 0 Å². The molecule has 0 heterocycles. The maximum absolute atomic E-state index is 14.3. The molecule has 2 N–H and O–H groups in total. The summed E-state index contributed by atoms with van der Waals surface area (Å²) in [7, 11) is 1.41. The Bertz CT molecular complexity index is 594. The fourth-order valence-electron chi connectivity index (χ4n) is 2.23. The van der Waals surface area contributed by atoms with Crippen LogP contribution < -0.4 is 10.5 Å². The topological polar surface area (TPSA) is 35.2 Å². The number of benzene rings is 2. The predicted octanol–water partition coefficient (Wildman–Crippen LogP) is 3.39. The van der Waals surface area contributed by atoms with Gasteiger partial charge in [-0.1, -0.05) is 24.3 Å². The van der Waals surface area contributed by atoms with Gasteiger partial charge in [-0.25, -0.2) is 8.78 Å². The number of methoxy groups -OCH3 is 1. The van der Waals surface area contributed by atoms with Crippen molar-refractivity contribution in [3.05, 3.63) is 65.2 Å². The first-order valence-electron chi connectivity index (χ1n) is 6.30. The molecular weight excluding hydrogens is 260 g/mol. The van der Waals surface area contributed by atoms with Crippen molar-refractivity contribution in [3.8, 4) is 5.75 Å². The fraction of sp³-hybridized carbons (Fsp3) is 0.250. The minimum absolute atomic E-state index is 0.165. The third kappa shape index (κ3) is 2.96. The van der Waals surface area contributed by atoms with Crippen LogP contribution in [0, 0.1) is 11.6 Å². The summed E-state index contributed by atoms with van der Waals surface area (Å²) in [6, 6.07) is 10.9. The van der Waals surface area contributed by atoms with Crippen molar-refractivity contribution in [2.75, 3.05) is 7.11 Å². The lowest BCUT2D eigenvalue weighted by Gasteiger charge is -2.26. The highest BCUT2D eigenvalue weighted by Gasteiger charge is 2.26. The molecule has 0 saturated heterocycles.